The van der Waals surface area contributed by atoms with E-state index < -0.39 is 9.84 Å². The van der Waals surface area contributed by atoms with Crippen LogP contribution in [0.1, 0.15) is 11.6 Å². The SMILES string of the molecule is CNC(CN(C)CCS(C)(=O)=O)c1ccccc1. The van der Waals surface area contributed by atoms with Crippen molar-refractivity contribution in [2.75, 3.05) is 39.2 Å². The summed E-state index contributed by atoms with van der Waals surface area (Å²) in [6.45, 7) is 1.35. The second kappa shape index (κ2) is 6.87. The molecule has 1 unspecified atom stereocenters. The Bertz CT molecular complexity index is 445. The Hall–Kier alpha value is -0.910. The van der Waals surface area contributed by atoms with Crippen LogP contribution >= 0.6 is 0 Å². The minimum atomic E-state index is -2.89. The van der Waals surface area contributed by atoms with Crippen molar-refractivity contribution in [3.05, 3.63) is 35.9 Å². The summed E-state index contributed by atoms with van der Waals surface area (Å²) in [5.74, 6) is 0.203. The summed E-state index contributed by atoms with van der Waals surface area (Å²) >= 11 is 0. The van der Waals surface area contributed by atoms with E-state index in [4.69, 9.17) is 0 Å². The third-order valence-electron chi connectivity index (χ3n) is 2.89. The van der Waals surface area contributed by atoms with E-state index in [1.54, 1.807) is 0 Å². The van der Waals surface area contributed by atoms with E-state index in [9.17, 15) is 8.42 Å². The molecule has 0 aliphatic heterocycles. The summed E-state index contributed by atoms with van der Waals surface area (Å²) in [6, 6.07) is 10.4. The normalized spacial score (nSPS) is 13.8. The number of rotatable bonds is 7. The second-order valence-corrected chi connectivity index (χ2v) is 6.90. The van der Waals surface area contributed by atoms with Crippen LogP contribution in [0.2, 0.25) is 0 Å². The Kier molecular flexibility index (Phi) is 5.78. The molecule has 1 rings (SSSR count). The van der Waals surface area contributed by atoms with E-state index in [1.165, 1.54) is 11.8 Å². The monoisotopic (exact) mass is 270 g/mol. The molecule has 0 aliphatic carbocycles. The van der Waals surface area contributed by atoms with Gasteiger partial charge < -0.3 is 10.2 Å². The minimum absolute atomic E-state index is 0.203. The zero-order chi connectivity index (χ0) is 13.6. The second-order valence-electron chi connectivity index (χ2n) is 4.64. The summed E-state index contributed by atoms with van der Waals surface area (Å²) in [4.78, 5) is 2.04. The lowest BCUT2D eigenvalue weighted by atomic mass is 10.1. The Morgan fingerprint density at radius 3 is 2.39 bits per heavy atom. The van der Waals surface area contributed by atoms with Crippen LogP contribution in [0.3, 0.4) is 0 Å². The predicted molar refractivity (Wildman–Crippen MR) is 75.5 cm³/mol. The molecule has 0 heterocycles. The van der Waals surface area contributed by atoms with Crippen molar-refractivity contribution in [1.29, 1.82) is 0 Å². The number of nitrogens with one attached hydrogen (secondary N) is 1. The van der Waals surface area contributed by atoms with Crippen molar-refractivity contribution in [3.8, 4) is 0 Å². The average molecular weight is 270 g/mol. The quantitative estimate of drug-likeness (QED) is 0.800. The lowest BCUT2D eigenvalue weighted by Gasteiger charge is -2.23. The summed E-state index contributed by atoms with van der Waals surface area (Å²) in [5.41, 5.74) is 1.21. The van der Waals surface area contributed by atoms with Crippen molar-refractivity contribution >= 4 is 9.84 Å². The lowest BCUT2D eigenvalue weighted by molar-refractivity contribution is 0.311. The molecule has 0 saturated carbocycles. The standard InChI is InChI=1S/C13H22N2O2S/c1-14-13(12-7-5-4-6-8-12)11-15(2)9-10-18(3,16)17/h4-8,13-14H,9-11H2,1-3H3. The van der Waals surface area contributed by atoms with Gasteiger partial charge in [-0.3, -0.25) is 0 Å². The predicted octanol–water partition coefficient (Wildman–Crippen LogP) is 0.924. The molecule has 1 atom stereocenters. The topological polar surface area (TPSA) is 49.4 Å². The molecule has 0 aliphatic rings. The van der Waals surface area contributed by atoms with Gasteiger partial charge in [-0.15, -0.1) is 0 Å². The first-order chi connectivity index (χ1) is 8.42. The number of benzene rings is 1. The van der Waals surface area contributed by atoms with E-state index in [1.807, 2.05) is 37.2 Å². The number of hydrogen-bond acceptors (Lipinski definition) is 4. The van der Waals surface area contributed by atoms with E-state index in [0.717, 1.165) is 6.54 Å². The van der Waals surface area contributed by atoms with Gasteiger partial charge in [0, 0.05) is 25.4 Å². The van der Waals surface area contributed by atoms with Gasteiger partial charge in [0.05, 0.1) is 5.75 Å². The van der Waals surface area contributed by atoms with Crippen LogP contribution in [-0.2, 0) is 9.84 Å². The van der Waals surface area contributed by atoms with Crippen LogP contribution < -0.4 is 5.32 Å². The van der Waals surface area contributed by atoms with Crippen molar-refractivity contribution in [2.24, 2.45) is 0 Å². The molecule has 5 heteroatoms. The molecular weight excluding hydrogens is 248 g/mol. The van der Waals surface area contributed by atoms with Crippen LogP contribution in [0.5, 0.6) is 0 Å². The molecule has 0 amide bonds. The van der Waals surface area contributed by atoms with Gasteiger partial charge in [0.15, 0.2) is 0 Å². The van der Waals surface area contributed by atoms with Crippen LogP contribution in [0.25, 0.3) is 0 Å². The molecule has 0 bridgehead atoms. The fourth-order valence-corrected chi connectivity index (χ4v) is 2.42. The maximum absolute atomic E-state index is 11.1. The van der Waals surface area contributed by atoms with Crippen LogP contribution in [0.4, 0.5) is 0 Å². The lowest BCUT2D eigenvalue weighted by Crippen LogP contribution is -2.34. The van der Waals surface area contributed by atoms with Crippen molar-refractivity contribution in [2.45, 2.75) is 6.04 Å². The number of hydrogen-bond donors (Lipinski definition) is 1. The van der Waals surface area contributed by atoms with E-state index >= 15 is 0 Å². The van der Waals surface area contributed by atoms with Gasteiger partial charge in [0.1, 0.15) is 9.84 Å². The van der Waals surface area contributed by atoms with Crippen LogP contribution in [0.15, 0.2) is 30.3 Å². The summed E-state index contributed by atoms with van der Waals surface area (Å²) in [5, 5.41) is 3.26. The van der Waals surface area contributed by atoms with Crippen molar-refractivity contribution in [1.82, 2.24) is 10.2 Å². The van der Waals surface area contributed by atoms with Crippen molar-refractivity contribution < 1.29 is 8.42 Å². The summed E-state index contributed by atoms with van der Waals surface area (Å²) in [7, 11) is 0.973. The smallest absolute Gasteiger partial charge is 0.148 e. The zero-order valence-corrected chi connectivity index (χ0v) is 12.1. The molecule has 0 fully saturated rings. The van der Waals surface area contributed by atoms with Gasteiger partial charge in [-0.1, -0.05) is 30.3 Å². The first-order valence-corrected chi connectivity index (χ1v) is 8.07. The van der Waals surface area contributed by atoms with Crippen molar-refractivity contribution in [3.63, 3.8) is 0 Å². The van der Waals surface area contributed by atoms with Gasteiger partial charge in [-0.05, 0) is 19.7 Å². The summed E-state index contributed by atoms with van der Waals surface area (Å²) < 4.78 is 22.2. The maximum atomic E-state index is 11.1. The first kappa shape index (κ1) is 15.1. The molecule has 1 N–H and O–H groups in total. The first-order valence-electron chi connectivity index (χ1n) is 6.01. The molecule has 102 valence electrons. The fraction of sp³-hybridized carbons (Fsp3) is 0.538. The third kappa shape index (κ3) is 5.62. The highest BCUT2D eigenvalue weighted by Crippen LogP contribution is 2.12. The largest absolute Gasteiger partial charge is 0.312 e. The fourth-order valence-electron chi connectivity index (χ4n) is 1.77. The van der Waals surface area contributed by atoms with E-state index in [2.05, 4.69) is 17.4 Å². The molecule has 0 aromatic heterocycles. The molecule has 18 heavy (non-hydrogen) atoms. The highest BCUT2D eigenvalue weighted by atomic mass is 32.2. The highest BCUT2D eigenvalue weighted by Gasteiger charge is 2.12. The number of nitrogens with zero attached hydrogens (tertiary/aromatic N) is 1. The summed E-state index contributed by atoms with van der Waals surface area (Å²) in [6.07, 6.45) is 1.27. The van der Waals surface area contributed by atoms with E-state index in [-0.39, 0.29) is 11.8 Å². The molecule has 0 spiro atoms. The molecule has 1 aromatic rings. The Morgan fingerprint density at radius 1 is 1.28 bits per heavy atom. The molecular formula is C13H22N2O2S. The zero-order valence-electron chi connectivity index (χ0n) is 11.3. The maximum Gasteiger partial charge on any atom is 0.148 e. The van der Waals surface area contributed by atoms with Gasteiger partial charge in [-0.2, -0.15) is 0 Å². The van der Waals surface area contributed by atoms with Gasteiger partial charge in [-0.25, -0.2) is 8.42 Å². The molecule has 1 aromatic carbocycles. The number of likely N-dealkylation sites (N-methyl/N-ethyl adjacent to an activating group) is 2. The Morgan fingerprint density at radius 2 is 1.89 bits per heavy atom. The molecule has 0 saturated heterocycles. The minimum Gasteiger partial charge on any atom is -0.312 e. The van der Waals surface area contributed by atoms with Gasteiger partial charge >= 0.3 is 0 Å². The van der Waals surface area contributed by atoms with Crippen LogP contribution in [0, 0.1) is 0 Å². The van der Waals surface area contributed by atoms with Gasteiger partial charge in [0.25, 0.3) is 0 Å². The van der Waals surface area contributed by atoms with Crippen LogP contribution in [-0.4, -0.2) is 52.5 Å². The Balaban J connectivity index is 2.54. The van der Waals surface area contributed by atoms with E-state index in [0.29, 0.717) is 6.54 Å². The molecule has 4 nitrogen and oxygen atoms in total. The van der Waals surface area contributed by atoms with Gasteiger partial charge in [0.2, 0.25) is 0 Å². The number of sulfone groups is 1. The Labute approximate surface area is 110 Å². The molecule has 0 radical (unpaired) electrons. The average Bonchev–Trinajstić information content (AvgIpc) is 2.33. The third-order valence-corrected chi connectivity index (χ3v) is 3.81. The highest BCUT2D eigenvalue weighted by molar-refractivity contribution is 7.90.